The van der Waals surface area contributed by atoms with Gasteiger partial charge in [-0.15, -0.1) is 0 Å². The highest BCUT2D eigenvalue weighted by atomic mass is 16.7. The fourth-order valence-electron chi connectivity index (χ4n) is 3.93. The molecule has 4 rings (SSSR count). The summed E-state index contributed by atoms with van der Waals surface area (Å²) in [5.74, 6) is -3.13. The fourth-order valence-corrected chi connectivity index (χ4v) is 3.93. The average molecular weight is 535 g/mol. The first-order valence-corrected chi connectivity index (χ1v) is 12.1. The molecule has 5 atom stereocenters. The second-order valence-electron chi connectivity index (χ2n) is 8.58. The molecule has 1 aliphatic heterocycles. The molecule has 1 fully saturated rings. The van der Waals surface area contributed by atoms with Crippen LogP contribution in [0.15, 0.2) is 91.0 Å². The minimum Gasteiger partial charge on any atom is -0.463 e. The molecule has 202 valence electrons. The molecular formula is C29H26O10. The number of aliphatic hydroxyl groups is 1. The van der Waals surface area contributed by atoms with Gasteiger partial charge in [0.15, 0.2) is 24.6 Å². The van der Waals surface area contributed by atoms with E-state index in [1.165, 1.54) is 43.3 Å². The summed E-state index contributed by atoms with van der Waals surface area (Å²) in [5, 5.41) is 10.9. The number of ether oxygens (including phenoxy) is 5. The van der Waals surface area contributed by atoms with E-state index in [0.717, 1.165) is 0 Å². The Bertz CT molecular complexity index is 1280. The summed E-state index contributed by atoms with van der Waals surface area (Å²) in [6, 6.07) is 23.9. The average Bonchev–Trinajstić information content (AvgIpc) is 2.96. The quantitative estimate of drug-likeness (QED) is 0.339. The van der Waals surface area contributed by atoms with Crippen LogP contribution in [0.2, 0.25) is 0 Å². The summed E-state index contributed by atoms with van der Waals surface area (Å²) < 4.78 is 27.6. The molecule has 3 aromatic carbocycles. The lowest BCUT2D eigenvalue weighted by atomic mass is 9.97. The van der Waals surface area contributed by atoms with Crippen LogP contribution in [-0.4, -0.2) is 66.3 Å². The first-order chi connectivity index (χ1) is 18.8. The zero-order valence-electron chi connectivity index (χ0n) is 20.9. The van der Waals surface area contributed by atoms with Gasteiger partial charge in [0, 0.05) is 6.92 Å². The van der Waals surface area contributed by atoms with Crippen LogP contribution in [0.4, 0.5) is 0 Å². The molecule has 0 unspecified atom stereocenters. The Morgan fingerprint density at radius 3 is 1.44 bits per heavy atom. The van der Waals surface area contributed by atoms with Crippen LogP contribution in [0, 0.1) is 0 Å². The predicted octanol–water partition coefficient (Wildman–Crippen LogP) is 2.94. The summed E-state index contributed by atoms with van der Waals surface area (Å²) in [7, 11) is 0. The van der Waals surface area contributed by atoms with Crippen molar-refractivity contribution in [2.75, 3.05) is 6.61 Å². The number of aliphatic hydroxyl groups excluding tert-OH is 1. The third kappa shape index (κ3) is 7.07. The van der Waals surface area contributed by atoms with E-state index in [2.05, 4.69) is 0 Å². The highest BCUT2D eigenvalue weighted by molar-refractivity contribution is 5.91. The molecule has 39 heavy (non-hydrogen) atoms. The van der Waals surface area contributed by atoms with E-state index in [0.29, 0.717) is 0 Å². The highest BCUT2D eigenvalue weighted by Crippen LogP contribution is 2.30. The van der Waals surface area contributed by atoms with Gasteiger partial charge in [-0.25, -0.2) is 14.4 Å². The molecule has 0 bridgehead atoms. The smallest absolute Gasteiger partial charge is 0.338 e. The molecule has 0 aliphatic carbocycles. The lowest BCUT2D eigenvalue weighted by molar-refractivity contribution is -0.285. The maximum absolute atomic E-state index is 13.1. The fraction of sp³-hybridized carbons (Fsp3) is 0.241. The molecule has 0 saturated carbocycles. The molecule has 0 radical (unpaired) electrons. The van der Waals surface area contributed by atoms with Crippen LogP contribution in [-0.2, 0) is 28.5 Å². The Morgan fingerprint density at radius 1 is 0.641 bits per heavy atom. The zero-order valence-corrected chi connectivity index (χ0v) is 20.9. The van der Waals surface area contributed by atoms with Crippen LogP contribution >= 0.6 is 0 Å². The summed E-state index contributed by atoms with van der Waals surface area (Å²) in [6.45, 7) is 0.722. The van der Waals surface area contributed by atoms with Crippen molar-refractivity contribution in [2.45, 2.75) is 37.6 Å². The van der Waals surface area contributed by atoms with Crippen molar-refractivity contribution < 1.29 is 48.0 Å². The number of carbonyl (C=O) groups excluding carboxylic acids is 4. The summed E-state index contributed by atoms with van der Waals surface area (Å²) in [4.78, 5) is 50.5. The Hall–Kier alpha value is -4.54. The molecule has 0 spiro atoms. The number of benzene rings is 3. The van der Waals surface area contributed by atoms with E-state index in [9.17, 15) is 24.3 Å². The zero-order chi connectivity index (χ0) is 27.8. The van der Waals surface area contributed by atoms with Crippen molar-refractivity contribution in [1.82, 2.24) is 0 Å². The molecule has 10 nitrogen and oxygen atoms in total. The standard InChI is InChI=1S/C29H26O10/c1-18(30)35-17-22-23(37-26(31)19-11-5-2-6-12-19)24(38-27(32)20-13-7-3-8-14-20)25(29(34)36-22)39-28(33)21-15-9-4-10-16-21/h2-16,22-25,29,34H,17H2,1H3/t22-,23-,24+,25+,29+/m1/s1. The lowest BCUT2D eigenvalue weighted by Gasteiger charge is -2.42. The van der Waals surface area contributed by atoms with Crippen LogP contribution in [0.5, 0.6) is 0 Å². The van der Waals surface area contributed by atoms with Gasteiger partial charge in [0.25, 0.3) is 0 Å². The second kappa shape index (κ2) is 12.8. The van der Waals surface area contributed by atoms with E-state index in [1.54, 1.807) is 54.6 Å². The van der Waals surface area contributed by atoms with E-state index >= 15 is 0 Å². The predicted molar refractivity (Wildman–Crippen MR) is 134 cm³/mol. The number of rotatable bonds is 8. The van der Waals surface area contributed by atoms with Gasteiger partial charge in [0.1, 0.15) is 12.7 Å². The molecule has 1 aliphatic rings. The van der Waals surface area contributed by atoms with Crippen LogP contribution in [0.3, 0.4) is 0 Å². The Morgan fingerprint density at radius 2 is 1.03 bits per heavy atom. The third-order valence-electron chi connectivity index (χ3n) is 5.82. The second-order valence-corrected chi connectivity index (χ2v) is 8.58. The van der Waals surface area contributed by atoms with E-state index in [4.69, 9.17) is 23.7 Å². The van der Waals surface area contributed by atoms with Crippen molar-refractivity contribution in [3.8, 4) is 0 Å². The number of hydrogen-bond acceptors (Lipinski definition) is 10. The number of carbonyl (C=O) groups is 4. The highest BCUT2D eigenvalue weighted by Gasteiger charge is 2.52. The monoisotopic (exact) mass is 534 g/mol. The van der Waals surface area contributed by atoms with Crippen LogP contribution in [0.1, 0.15) is 38.0 Å². The molecule has 1 saturated heterocycles. The largest absolute Gasteiger partial charge is 0.463 e. The summed E-state index contributed by atoms with van der Waals surface area (Å²) >= 11 is 0. The number of hydrogen-bond donors (Lipinski definition) is 1. The summed E-state index contributed by atoms with van der Waals surface area (Å²) in [5.41, 5.74) is 0.509. The molecule has 0 aromatic heterocycles. The van der Waals surface area contributed by atoms with Gasteiger partial charge in [-0.05, 0) is 36.4 Å². The van der Waals surface area contributed by atoms with E-state index in [1.807, 2.05) is 0 Å². The molecule has 0 amide bonds. The Labute approximate surface area is 224 Å². The van der Waals surface area contributed by atoms with Gasteiger partial charge < -0.3 is 28.8 Å². The number of esters is 4. The molecule has 3 aromatic rings. The minimum absolute atomic E-state index is 0.163. The molecule has 1 heterocycles. The summed E-state index contributed by atoms with van der Waals surface area (Å²) in [6.07, 6.45) is -7.67. The van der Waals surface area contributed by atoms with Gasteiger partial charge in [-0.3, -0.25) is 4.79 Å². The Balaban J connectivity index is 1.69. The molecular weight excluding hydrogens is 508 g/mol. The van der Waals surface area contributed by atoms with Crippen molar-refractivity contribution in [2.24, 2.45) is 0 Å². The van der Waals surface area contributed by atoms with Crippen LogP contribution < -0.4 is 0 Å². The minimum atomic E-state index is -1.82. The maximum Gasteiger partial charge on any atom is 0.338 e. The van der Waals surface area contributed by atoms with Gasteiger partial charge in [0.2, 0.25) is 0 Å². The normalized spacial score (nSPS) is 22.3. The van der Waals surface area contributed by atoms with E-state index < -0.39 is 61.2 Å². The van der Waals surface area contributed by atoms with Crippen molar-refractivity contribution in [3.05, 3.63) is 108 Å². The topological polar surface area (TPSA) is 135 Å². The van der Waals surface area contributed by atoms with E-state index in [-0.39, 0.29) is 16.7 Å². The van der Waals surface area contributed by atoms with Gasteiger partial charge in [-0.1, -0.05) is 54.6 Å². The lowest BCUT2D eigenvalue weighted by Crippen LogP contribution is -2.62. The van der Waals surface area contributed by atoms with Gasteiger partial charge >= 0.3 is 23.9 Å². The first kappa shape index (κ1) is 27.5. The van der Waals surface area contributed by atoms with Crippen molar-refractivity contribution in [3.63, 3.8) is 0 Å². The molecule has 1 N–H and O–H groups in total. The third-order valence-corrected chi connectivity index (χ3v) is 5.82. The SMILES string of the molecule is CC(=O)OC[C@H]1O[C@H](O)[C@@H](OC(=O)c2ccccc2)[C@@H](OC(=O)c2ccccc2)[C@@H]1OC(=O)c1ccccc1. The molecule has 10 heteroatoms. The first-order valence-electron chi connectivity index (χ1n) is 12.1. The van der Waals surface area contributed by atoms with Crippen molar-refractivity contribution in [1.29, 1.82) is 0 Å². The van der Waals surface area contributed by atoms with Gasteiger partial charge in [-0.2, -0.15) is 0 Å². The van der Waals surface area contributed by atoms with Gasteiger partial charge in [0.05, 0.1) is 16.7 Å². The van der Waals surface area contributed by atoms with Crippen molar-refractivity contribution >= 4 is 23.9 Å². The Kier molecular flexibility index (Phi) is 9.03. The van der Waals surface area contributed by atoms with Crippen LogP contribution in [0.25, 0.3) is 0 Å². The maximum atomic E-state index is 13.1.